The van der Waals surface area contributed by atoms with Crippen molar-refractivity contribution in [2.24, 2.45) is 0 Å². The molecule has 0 unspecified atom stereocenters. The summed E-state index contributed by atoms with van der Waals surface area (Å²) < 4.78 is 0. The van der Waals surface area contributed by atoms with Crippen LogP contribution in [-0.2, 0) is 34.2 Å². The monoisotopic (exact) mass is 887 g/mol. The average molecular weight is 888 g/mol. The van der Waals surface area contributed by atoms with Crippen molar-refractivity contribution in [1.29, 1.82) is 0 Å². The molecule has 8 aromatic rings. The maximum Gasteiger partial charge on any atom is 4.00 e. The van der Waals surface area contributed by atoms with Crippen LogP contribution < -0.4 is 9.80 Å². The zero-order valence-corrected chi connectivity index (χ0v) is 33.2. The molecule has 3 heteroatoms. The van der Waals surface area contributed by atoms with Gasteiger partial charge in [-0.1, -0.05) is 157 Å². The largest absolute Gasteiger partial charge is 4.00 e. The Kier molecular flexibility index (Phi) is 10.4. The summed E-state index contributed by atoms with van der Waals surface area (Å²) >= 11 is 0. The van der Waals surface area contributed by atoms with Gasteiger partial charge in [0.05, 0.1) is 0 Å². The van der Waals surface area contributed by atoms with Crippen LogP contribution in [0.5, 0.6) is 0 Å². The molecule has 0 saturated heterocycles. The van der Waals surface area contributed by atoms with Crippen molar-refractivity contribution in [1.82, 2.24) is 0 Å². The molecule has 0 aromatic heterocycles. The molecule has 0 spiro atoms. The summed E-state index contributed by atoms with van der Waals surface area (Å²) in [4.78, 5) is 4.74. The van der Waals surface area contributed by atoms with Crippen molar-refractivity contribution in [3.05, 3.63) is 205 Å². The third-order valence-corrected chi connectivity index (χ3v) is 10.5. The maximum absolute atomic E-state index is 3.92. The molecular formula is C52H40N2Pt+2. The van der Waals surface area contributed by atoms with Crippen molar-refractivity contribution in [2.45, 2.75) is 13.1 Å². The summed E-state index contributed by atoms with van der Waals surface area (Å²) in [6, 6.07) is 73.6. The van der Waals surface area contributed by atoms with Gasteiger partial charge in [-0.15, -0.1) is 69.8 Å². The van der Waals surface area contributed by atoms with Crippen molar-refractivity contribution in [3.8, 4) is 66.8 Å². The Balaban J connectivity index is 0.00000427. The molecule has 1 heterocycles. The van der Waals surface area contributed by atoms with Gasteiger partial charge >= 0.3 is 21.1 Å². The van der Waals surface area contributed by atoms with Gasteiger partial charge in [0.1, 0.15) is 0 Å². The zero-order valence-electron chi connectivity index (χ0n) is 30.9. The van der Waals surface area contributed by atoms with Crippen molar-refractivity contribution in [3.63, 3.8) is 0 Å². The molecule has 55 heavy (non-hydrogen) atoms. The molecule has 0 amide bonds. The molecule has 1 aliphatic heterocycles. The van der Waals surface area contributed by atoms with Gasteiger partial charge in [-0.2, -0.15) is 0 Å². The SMILES string of the molecule is CN1Cc2[c-]c(cc(-c3ccccc3)c2)-c2cc(-c3ccccc3)ccc2N(C)Cc2[c-]c(cc(-c3ccccc3)c2)-c2cc(-c3ccccc3)ccc21.[Pt+4]. The first-order chi connectivity index (χ1) is 26.6. The van der Waals surface area contributed by atoms with Gasteiger partial charge in [0, 0.05) is 38.6 Å². The molecule has 8 aromatic carbocycles. The first-order valence-corrected chi connectivity index (χ1v) is 18.6. The number of nitrogens with zero attached hydrogens (tertiary/aromatic N) is 2. The molecule has 1 aliphatic rings. The number of benzene rings is 8. The molecule has 0 atom stereocenters. The predicted octanol–water partition coefficient (Wildman–Crippen LogP) is 12.9. The Morgan fingerprint density at radius 3 is 1.02 bits per heavy atom. The second-order valence-electron chi connectivity index (χ2n) is 14.3. The summed E-state index contributed by atoms with van der Waals surface area (Å²) in [5.41, 5.74) is 18.6. The van der Waals surface area contributed by atoms with E-state index in [0.29, 0.717) is 13.1 Å². The van der Waals surface area contributed by atoms with E-state index in [9.17, 15) is 0 Å². The Morgan fingerprint density at radius 2 is 0.673 bits per heavy atom. The second-order valence-corrected chi connectivity index (χ2v) is 14.3. The smallest absolute Gasteiger partial charge is 0.379 e. The Bertz CT molecular complexity index is 2380. The summed E-state index contributed by atoms with van der Waals surface area (Å²) in [6.45, 7) is 1.36. The fourth-order valence-corrected chi connectivity index (χ4v) is 7.79. The first kappa shape index (κ1) is 36.0. The Hall–Kier alpha value is -5.95. The van der Waals surface area contributed by atoms with E-state index in [1.54, 1.807) is 0 Å². The first-order valence-electron chi connectivity index (χ1n) is 18.6. The van der Waals surface area contributed by atoms with Crippen molar-refractivity contribution < 1.29 is 21.1 Å². The summed E-state index contributed by atoms with van der Waals surface area (Å²) in [6.07, 6.45) is 0. The molecule has 266 valence electrons. The normalized spacial score (nSPS) is 12.2. The summed E-state index contributed by atoms with van der Waals surface area (Å²) in [5.74, 6) is 0. The molecule has 0 N–H and O–H groups in total. The van der Waals surface area contributed by atoms with Gasteiger partial charge < -0.3 is 9.80 Å². The molecule has 2 nitrogen and oxygen atoms in total. The molecule has 0 saturated carbocycles. The number of rotatable bonds is 4. The van der Waals surface area contributed by atoms with E-state index >= 15 is 0 Å². The fraction of sp³-hybridized carbons (Fsp3) is 0.0769. The molecule has 4 bridgehead atoms. The van der Waals surface area contributed by atoms with Gasteiger partial charge in [0.2, 0.25) is 0 Å². The van der Waals surface area contributed by atoms with E-state index in [1.807, 2.05) is 0 Å². The van der Waals surface area contributed by atoms with Crippen LogP contribution in [0.1, 0.15) is 11.1 Å². The van der Waals surface area contributed by atoms with Gasteiger partial charge in [-0.3, -0.25) is 0 Å². The Morgan fingerprint density at radius 1 is 0.345 bits per heavy atom. The van der Waals surface area contributed by atoms with E-state index in [4.69, 9.17) is 0 Å². The van der Waals surface area contributed by atoms with E-state index in [1.165, 1.54) is 44.5 Å². The van der Waals surface area contributed by atoms with Crippen LogP contribution in [0, 0.1) is 12.1 Å². The maximum atomic E-state index is 3.92. The molecule has 0 radical (unpaired) electrons. The fourth-order valence-electron chi connectivity index (χ4n) is 7.79. The predicted molar refractivity (Wildman–Crippen MR) is 227 cm³/mol. The minimum atomic E-state index is 0. The number of fused-ring (bicyclic) bond motifs is 8. The topological polar surface area (TPSA) is 6.48 Å². The van der Waals surface area contributed by atoms with E-state index in [-0.39, 0.29) is 21.1 Å². The van der Waals surface area contributed by atoms with E-state index < -0.39 is 0 Å². The van der Waals surface area contributed by atoms with Crippen LogP contribution in [0.2, 0.25) is 0 Å². The van der Waals surface area contributed by atoms with Crippen LogP contribution in [0.15, 0.2) is 182 Å². The van der Waals surface area contributed by atoms with Crippen molar-refractivity contribution >= 4 is 11.4 Å². The molecule has 0 fully saturated rings. The van der Waals surface area contributed by atoms with E-state index in [2.05, 4.69) is 218 Å². The average Bonchev–Trinajstić information content (AvgIpc) is 3.24. The standard InChI is InChI=1S/C52H40N2.Pt/c1-53-35-37-27-45(41-19-11-5-12-20-41)32-48(29-37)50-34-44(40-17-9-4-10-18-40)24-26-52(50)54(2)36-38-28-46(42-21-13-6-14-22-42)31-47(30-38)49-33-43(23-25-51(49)53)39-15-7-3-8-16-39;/h3-28,31-34H,35-36H2,1-2H3;/q-2;+4. The van der Waals surface area contributed by atoms with Crippen LogP contribution in [0.3, 0.4) is 0 Å². The molecular weight excluding hydrogens is 848 g/mol. The van der Waals surface area contributed by atoms with Gasteiger partial charge in [0.25, 0.3) is 0 Å². The third-order valence-electron chi connectivity index (χ3n) is 10.5. The van der Waals surface area contributed by atoms with Crippen molar-refractivity contribution in [2.75, 3.05) is 23.9 Å². The number of hydrogen-bond acceptors (Lipinski definition) is 2. The van der Waals surface area contributed by atoms with Crippen LogP contribution in [0.4, 0.5) is 11.4 Å². The quantitative estimate of drug-likeness (QED) is 0.163. The number of anilines is 2. The van der Waals surface area contributed by atoms with Gasteiger partial charge in [0.15, 0.2) is 0 Å². The van der Waals surface area contributed by atoms with Crippen LogP contribution in [-0.4, -0.2) is 14.1 Å². The minimum Gasteiger partial charge on any atom is -0.379 e. The van der Waals surface area contributed by atoms with Gasteiger partial charge in [-0.25, -0.2) is 0 Å². The second kappa shape index (κ2) is 15.8. The molecule has 0 aliphatic carbocycles. The van der Waals surface area contributed by atoms with E-state index in [0.717, 1.165) is 44.8 Å². The summed E-state index contributed by atoms with van der Waals surface area (Å²) in [5, 5.41) is 0. The Labute approximate surface area is 339 Å². The van der Waals surface area contributed by atoms with Crippen LogP contribution in [0.25, 0.3) is 66.8 Å². The minimum absolute atomic E-state index is 0. The third kappa shape index (κ3) is 7.57. The van der Waals surface area contributed by atoms with Gasteiger partial charge in [-0.05, 0) is 45.5 Å². The number of hydrogen-bond donors (Lipinski definition) is 0. The zero-order chi connectivity index (χ0) is 36.4. The molecule has 9 rings (SSSR count). The summed E-state index contributed by atoms with van der Waals surface area (Å²) in [7, 11) is 4.40. The van der Waals surface area contributed by atoms with Crippen LogP contribution >= 0.6 is 0 Å².